The molecule has 0 bridgehead atoms. The van der Waals surface area contributed by atoms with Gasteiger partial charge < -0.3 is 5.32 Å². The van der Waals surface area contributed by atoms with Crippen LogP contribution in [-0.4, -0.2) is 14.4 Å². The van der Waals surface area contributed by atoms with Gasteiger partial charge in [-0.3, -0.25) is 9.38 Å². The van der Waals surface area contributed by atoms with Crippen molar-refractivity contribution in [1.82, 2.24) is 14.4 Å². The summed E-state index contributed by atoms with van der Waals surface area (Å²) in [6.07, 6.45) is 3.71. The molecule has 0 aliphatic heterocycles. The van der Waals surface area contributed by atoms with Crippen molar-refractivity contribution < 1.29 is 0 Å². The molecule has 0 aliphatic rings. The molecule has 1 N–H and O–H groups in total. The number of aryl methyl sites for hydroxylation is 3. The van der Waals surface area contributed by atoms with Crippen molar-refractivity contribution in [1.29, 1.82) is 0 Å². The third-order valence-corrected chi connectivity index (χ3v) is 4.11. The van der Waals surface area contributed by atoms with E-state index in [9.17, 15) is 0 Å². The minimum absolute atomic E-state index is 0.760. The number of thiazole rings is 1. The van der Waals surface area contributed by atoms with Crippen LogP contribution in [-0.2, 0) is 6.54 Å². The fourth-order valence-corrected chi connectivity index (χ4v) is 3.14. The number of hydrogen-bond acceptors (Lipinski definition) is 4. The number of fused-ring (bicyclic) bond motifs is 1. The fourth-order valence-electron chi connectivity index (χ4n) is 2.21. The molecule has 0 fully saturated rings. The molecular weight excluding hydrogens is 256 g/mol. The van der Waals surface area contributed by atoms with E-state index in [2.05, 4.69) is 45.0 Å². The number of nitrogens with zero attached hydrogens (tertiary/aromatic N) is 3. The van der Waals surface area contributed by atoms with Gasteiger partial charge in [0.1, 0.15) is 0 Å². The maximum absolute atomic E-state index is 4.59. The molecule has 3 aromatic heterocycles. The Kier molecular flexibility index (Phi) is 2.98. The van der Waals surface area contributed by atoms with Gasteiger partial charge in [0.2, 0.25) is 0 Å². The molecule has 98 valence electrons. The van der Waals surface area contributed by atoms with E-state index < -0.39 is 0 Å². The molecule has 3 aromatic rings. The monoisotopic (exact) mass is 272 g/mol. The van der Waals surface area contributed by atoms with Crippen LogP contribution < -0.4 is 5.32 Å². The summed E-state index contributed by atoms with van der Waals surface area (Å²) in [5.74, 6) is 0. The van der Waals surface area contributed by atoms with Crippen LogP contribution in [0, 0.1) is 20.8 Å². The van der Waals surface area contributed by atoms with E-state index in [-0.39, 0.29) is 0 Å². The SMILES string of the molecule is Cc1cncc(NCc2c(C)nc3scc(C)n23)c1. The van der Waals surface area contributed by atoms with Gasteiger partial charge in [-0.15, -0.1) is 11.3 Å². The van der Waals surface area contributed by atoms with Crippen LogP contribution in [0.25, 0.3) is 4.96 Å². The maximum atomic E-state index is 4.59. The normalized spacial score (nSPS) is 11.1. The molecule has 0 saturated heterocycles. The first-order valence-electron chi connectivity index (χ1n) is 6.22. The highest BCUT2D eigenvalue weighted by atomic mass is 32.1. The summed E-state index contributed by atoms with van der Waals surface area (Å²) in [6.45, 7) is 6.98. The van der Waals surface area contributed by atoms with E-state index in [0.717, 1.165) is 28.5 Å². The number of anilines is 1. The summed E-state index contributed by atoms with van der Waals surface area (Å²) in [5.41, 5.74) is 5.74. The Morgan fingerprint density at radius 3 is 2.89 bits per heavy atom. The molecule has 0 saturated carbocycles. The Morgan fingerprint density at radius 2 is 2.11 bits per heavy atom. The van der Waals surface area contributed by atoms with Crippen molar-refractivity contribution in [3.8, 4) is 0 Å². The van der Waals surface area contributed by atoms with Gasteiger partial charge in [-0.2, -0.15) is 0 Å². The van der Waals surface area contributed by atoms with Gasteiger partial charge in [0.15, 0.2) is 4.96 Å². The Hall–Kier alpha value is -1.88. The van der Waals surface area contributed by atoms with Crippen LogP contribution in [0.2, 0.25) is 0 Å². The minimum atomic E-state index is 0.760. The molecule has 0 spiro atoms. The van der Waals surface area contributed by atoms with Crippen LogP contribution in [0.3, 0.4) is 0 Å². The van der Waals surface area contributed by atoms with Crippen LogP contribution in [0.15, 0.2) is 23.8 Å². The highest BCUT2D eigenvalue weighted by molar-refractivity contribution is 7.15. The zero-order valence-electron chi connectivity index (χ0n) is 11.3. The topological polar surface area (TPSA) is 42.2 Å². The Labute approximate surface area is 116 Å². The second-order valence-corrected chi connectivity index (χ2v) is 5.58. The lowest BCUT2D eigenvalue weighted by molar-refractivity contribution is 0.964. The van der Waals surface area contributed by atoms with Crippen molar-refractivity contribution in [3.63, 3.8) is 0 Å². The second kappa shape index (κ2) is 4.66. The van der Waals surface area contributed by atoms with Gasteiger partial charge in [-0.05, 0) is 32.4 Å². The lowest BCUT2D eigenvalue weighted by Gasteiger charge is -2.07. The van der Waals surface area contributed by atoms with Crippen molar-refractivity contribution >= 4 is 22.0 Å². The molecule has 19 heavy (non-hydrogen) atoms. The molecule has 3 heterocycles. The third-order valence-electron chi connectivity index (χ3n) is 3.16. The van der Waals surface area contributed by atoms with Crippen LogP contribution in [0.1, 0.15) is 22.6 Å². The first-order chi connectivity index (χ1) is 9.15. The molecule has 0 aliphatic carbocycles. The van der Waals surface area contributed by atoms with E-state index in [1.54, 1.807) is 11.3 Å². The van der Waals surface area contributed by atoms with Crippen LogP contribution >= 0.6 is 11.3 Å². The predicted molar refractivity (Wildman–Crippen MR) is 78.8 cm³/mol. The zero-order valence-corrected chi connectivity index (χ0v) is 12.1. The molecule has 5 heteroatoms. The lowest BCUT2D eigenvalue weighted by atomic mass is 10.3. The van der Waals surface area contributed by atoms with Crippen LogP contribution in [0.4, 0.5) is 5.69 Å². The van der Waals surface area contributed by atoms with E-state index in [0.29, 0.717) is 0 Å². The summed E-state index contributed by atoms with van der Waals surface area (Å²) in [4.78, 5) is 9.85. The minimum Gasteiger partial charge on any atom is -0.378 e. The first-order valence-corrected chi connectivity index (χ1v) is 7.10. The van der Waals surface area contributed by atoms with Gasteiger partial charge >= 0.3 is 0 Å². The summed E-state index contributed by atoms with van der Waals surface area (Å²) >= 11 is 1.68. The number of imidazole rings is 1. The Balaban J connectivity index is 1.89. The summed E-state index contributed by atoms with van der Waals surface area (Å²) in [5, 5.41) is 5.56. The molecule has 4 nitrogen and oxygen atoms in total. The highest BCUT2D eigenvalue weighted by Gasteiger charge is 2.11. The van der Waals surface area contributed by atoms with Crippen molar-refractivity contribution in [2.75, 3.05) is 5.32 Å². The summed E-state index contributed by atoms with van der Waals surface area (Å²) in [7, 11) is 0. The van der Waals surface area contributed by atoms with E-state index in [4.69, 9.17) is 0 Å². The smallest absolute Gasteiger partial charge is 0.194 e. The van der Waals surface area contributed by atoms with E-state index in [1.807, 2.05) is 19.3 Å². The van der Waals surface area contributed by atoms with Crippen molar-refractivity contribution in [3.05, 3.63) is 46.5 Å². The molecule has 3 rings (SSSR count). The summed E-state index contributed by atoms with van der Waals surface area (Å²) < 4.78 is 2.22. The van der Waals surface area contributed by atoms with Gasteiger partial charge in [-0.25, -0.2) is 4.98 Å². The third kappa shape index (κ3) is 2.21. The molecule has 0 amide bonds. The van der Waals surface area contributed by atoms with Crippen molar-refractivity contribution in [2.24, 2.45) is 0 Å². The largest absolute Gasteiger partial charge is 0.378 e. The van der Waals surface area contributed by atoms with Crippen molar-refractivity contribution in [2.45, 2.75) is 27.3 Å². The highest BCUT2D eigenvalue weighted by Crippen LogP contribution is 2.21. The van der Waals surface area contributed by atoms with E-state index in [1.165, 1.54) is 11.4 Å². The number of aromatic nitrogens is 3. The zero-order chi connectivity index (χ0) is 13.4. The Bertz CT molecular complexity index is 726. The van der Waals surface area contributed by atoms with Gasteiger partial charge in [0.05, 0.1) is 23.6 Å². The Morgan fingerprint density at radius 1 is 1.26 bits per heavy atom. The number of rotatable bonds is 3. The number of pyridine rings is 1. The molecule has 0 unspecified atom stereocenters. The molecule has 0 aromatic carbocycles. The number of nitrogens with one attached hydrogen (secondary N) is 1. The second-order valence-electron chi connectivity index (χ2n) is 4.74. The standard InChI is InChI=1S/C14H16N4S/c1-9-4-12(6-15-5-9)16-7-13-11(3)17-14-18(13)10(2)8-19-14/h4-6,8,16H,7H2,1-3H3. The maximum Gasteiger partial charge on any atom is 0.194 e. The van der Waals surface area contributed by atoms with Crippen LogP contribution in [0.5, 0.6) is 0 Å². The molecule has 0 atom stereocenters. The quantitative estimate of drug-likeness (QED) is 0.795. The molecule has 0 radical (unpaired) electrons. The lowest BCUT2D eigenvalue weighted by Crippen LogP contribution is -2.05. The fraction of sp³-hybridized carbons (Fsp3) is 0.286. The van der Waals surface area contributed by atoms with Gasteiger partial charge in [0, 0.05) is 23.5 Å². The van der Waals surface area contributed by atoms with Gasteiger partial charge in [0.25, 0.3) is 0 Å². The average molecular weight is 272 g/mol. The average Bonchev–Trinajstić information content (AvgIpc) is 2.87. The predicted octanol–water partition coefficient (Wildman–Crippen LogP) is 3.33. The molecular formula is C14H16N4S. The van der Waals surface area contributed by atoms with E-state index >= 15 is 0 Å². The van der Waals surface area contributed by atoms with Gasteiger partial charge in [-0.1, -0.05) is 0 Å². The number of hydrogen-bond donors (Lipinski definition) is 1. The first kappa shape index (κ1) is 12.2. The summed E-state index contributed by atoms with van der Waals surface area (Å²) in [6, 6.07) is 2.10.